The molecule has 4 atom stereocenters. The Morgan fingerprint density at radius 2 is 1.07 bits per heavy atom. The minimum absolute atomic E-state index is 0.00861. The van der Waals surface area contributed by atoms with Gasteiger partial charge in [0.15, 0.2) is 7.59 Å². The molecular weight excluding hydrogens is 885 g/mol. The second-order valence-corrected chi connectivity index (χ2v) is 21.7. The molecule has 0 bridgehead atoms. The third-order valence-corrected chi connectivity index (χ3v) is 9.87. The maximum absolute atomic E-state index is 14.0. The first kappa shape index (κ1) is 51.8. The first-order chi connectivity index (χ1) is 26.4. The van der Waals surface area contributed by atoms with Gasteiger partial charge in [-0.3, -0.25) is 29.0 Å². The van der Waals surface area contributed by atoms with E-state index in [1.807, 2.05) is 27.7 Å². The second-order valence-electron chi connectivity index (χ2n) is 16.6. The van der Waals surface area contributed by atoms with Crippen molar-refractivity contribution in [3.8, 4) is 0 Å². The zero-order valence-electron chi connectivity index (χ0n) is 34.5. The van der Waals surface area contributed by atoms with E-state index in [-0.39, 0.29) is 56.3 Å². The Bertz CT molecular complexity index is 1570. The summed E-state index contributed by atoms with van der Waals surface area (Å²) in [6, 6.07) is -4.12. The van der Waals surface area contributed by atoms with Gasteiger partial charge in [-0.2, -0.15) is 0 Å². The molecule has 2 rings (SSSR count). The number of nitrogens with one attached hydrogen (secondary N) is 2. The van der Waals surface area contributed by atoms with Crippen LogP contribution in [-0.4, -0.2) is 102 Å². The number of rotatable bonds is 18. The summed E-state index contributed by atoms with van der Waals surface area (Å²) in [6.07, 6.45) is 0.864. The molecule has 0 saturated heterocycles. The van der Waals surface area contributed by atoms with Crippen LogP contribution in [0.25, 0.3) is 0 Å². The van der Waals surface area contributed by atoms with Crippen LogP contribution in [0.3, 0.4) is 0 Å². The molecule has 330 valence electrons. The lowest BCUT2D eigenvalue weighted by Crippen LogP contribution is -2.53. The average molecular weight is 942 g/mol. The Kier molecular flexibility index (Phi) is 19.1. The Labute approximate surface area is 371 Å². The van der Waals surface area contributed by atoms with Crippen LogP contribution in [0.1, 0.15) is 107 Å². The summed E-state index contributed by atoms with van der Waals surface area (Å²) in [4.78, 5) is 82.4. The van der Waals surface area contributed by atoms with E-state index in [1.165, 1.54) is 19.3 Å². The number of carbonyl (C=O) groups excluding carboxylic acids is 6. The van der Waals surface area contributed by atoms with Crippen molar-refractivity contribution < 1.29 is 47.7 Å². The van der Waals surface area contributed by atoms with Gasteiger partial charge in [-0.25, -0.2) is 9.59 Å². The Morgan fingerprint density at radius 3 is 1.45 bits per heavy atom. The summed E-state index contributed by atoms with van der Waals surface area (Å²) in [5, 5.41) is 5.05. The molecule has 0 radical (unpaired) electrons. The summed E-state index contributed by atoms with van der Waals surface area (Å²) in [6.45, 7) is 15.8. The van der Waals surface area contributed by atoms with Crippen molar-refractivity contribution in [2.24, 2.45) is 11.8 Å². The van der Waals surface area contributed by atoms with Gasteiger partial charge in [-0.15, -0.1) is 0 Å². The van der Waals surface area contributed by atoms with E-state index in [2.05, 4.69) is 10.6 Å². The quantitative estimate of drug-likeness (QED) is 0.127. The van der Waals surface area contributed by atoms with Crippen LogP contribution >= 0.6 is 69.6 Å². The zero-order chi connectivity index (χ0) is 44.6. The Morgan fingerprint density at radius 1 is 0.672 bits per heavy atom. The number of imide groups is 2. The predicted molar refractivity (Wildman–Crippen MR) is 224 cm³/mol. The van der Waals surface area contributed by atoms with Crippen LogP contribution in [0, 0.1) is 11.8 Å². The van der Waals surface area contributed by atoms with Gasteiger partial charge in [0.05, 0.1) is 25.8 Å². The highest BCUT2D eigenvalue weighted by Gasteiger charge is 2.44. The molecule has 2 heterocycles. The van der Waals surface area contributed by atoms with Crippen molar-refractivity contribution in [3.63, 3.8) is 0 Å². The van der Waals surface area contributed by atoms with Crippen LogP contribution in [0.5, 0.6) is 0 Å². The van der Waals surface area contributed by atoms with Crippen molar-refractivity contribution in [2.75, 3.05) is 13.7 Å². The minimum atomic E-state index is -1.76. The molecule has 20 heteroatoms. The number of hydrogen-bond donors (Lipinski definition) is 2. The van der Waals surface area contributed by atoms with Crippen LogP contribution in [0.4, 0.5) is 9.59 Å². The molecule has 2 N–H and O–H groups in total. The number of alkyl carbamates (subject to hydrolysis) is 2. The van der Waals surface area contributed by atoms with Crippen molar-refractivity contribution in [1.82, 2.24) is 20.4 Å². The smallest absolute Gasteiger partial charge is 0.408 e. The van der Waals surface area contributed by atoms with E-state index >= 15 is 0 Å². The number of hydrogen-bond acceptors (Lipinski definition) is 10. The van der Waals surface area contributed by atoms with Gasteiger partial charge in [0.2, 0.25) is 0 Å². The molecule has 0 aromatic rings. The Hall–Kier alpha value is -2.36. The van der Waals surface area contributed by atoms with E-state index in [0.29, 0.717) is 18.6 Å². The van der Waals surface area contributed by atoms with E-state index in [0.717, 1.165) is 9.80 Å². The number of alkyl halides is 6. The van der Waals surface area contributed by atoms with Gasteiger partial charge in [0.25, 0.3) is 23.6 Å². The summed E-state index contributed by atoms with van der Waals surface area (Å²) < 4.78 is 19.0. The second kappa shape index (κ2) is 21.4. The summed E-state index contributed by atoms with van der Waals surface area (Å²) >= 11 is 35.9. The first-order valence-corrected chi connectivity index (χ1v) is 21.2. The van der Waals surface area contributed by atoms with E-state index < -0.39 is 78.8 Å². The van der Waals surface area contributed by atoms with Gasteiger partial charge >= 0.3 is 12.2 Å². The first-order valence-electron chi connectivity index (χ1n) is 18.9. The van der Waals surface area contributed by atoms with Crippen LogP contribution in [0.15, 0.2) is 23.7 Å². The molecule has 0 aromatic carbocycles. The van der Waals surface area contributed by atoms with Crippen molar-refractivity contribution in [1.29, 1.82) is 0 Å². The monoisotopic (exact) mass is 938 g/mol. The number of amides is 6. The third-order valence-electron chi connectivity index (χ3n) is 8.74. The Balaban J connectivity index is 2.21. The van der Waals surface area contributed by atoms with Crippen LogP contribution in [-0.2, 0) is 38.1 Å². The van der Waals surface area contributed by atoms with Crippen LogP contribution < -0.4 is 10.6 Å². The van der Waals surface area contributed by atoms with Gasteiger partial charge in [-0.1, -0.05) is 97.3 Å². The molecule has 14 nitrogen and oxygen atoms in total. The molecule has 0 aromatic heterocycles. The van der Waals surface area contributed by atoms with Crippen LogP contribution in [0.2, 0.25) is 0 Å². The largest absolute Gasteiger partial charge is 0.499 e. The van der Waals surface area contributed by atoms with Gasteiger partial charge in [0, 0.05) is 18.6 Å². The van der Waals surface area contributed by atoms with Gasteiger partial charge in [0.1, 0.15) is 34.8 Å². The fourth-order valence-corrected chi connectivity index (χ4v) is 6.79. The highest BCUT2D eigenvalue weighted by Crippen LogP contribution is 2.35. The molecular formula is C38H56Cl6N4O10. The number of halogens is 6. The molecule has 0 fully saturated rings. The van der Waals surface area contributed by atoms with E-state index in [9.17, 15) is 28.8 Å². The summed E-state index contributed by atoms with van der Waals surface area (Å²) in [5.74, 6) is -2.16. The van der Waals surface area contributed by atoms with Crippen molar-refractivity contribution in [3.05, 3.63) is 23.7 Å². The fraction of sp³-hybridized carbons (Fsp3) is 0.737. The lowest BCUT2D eigenvalue weighted by molar-refractivity contribution is -0.146. The molecule has 2 aliphatic rings. The summed E-state index contributed by atoms with van der Waals surface area (Å²) in [7, 11) is 1.40. The minimum Gasteiger partial charge on any atom is -0.499 e. The fourth-order valence-electron chi connectivity index (χ4n) is 6.13. The molecule has 58 heavy (non-hydrogen) atoms. The van der Waals surface area contributed by atoms with Crippen molar-refractivity contribution >= 4 is 105 Å². The lowest BCUT2D eigenvalue weighted by atomic mass is 10.0. The highest BCUT2D eigenvalue weighted by molar-refractivity contribution is 6.68. The number of ether oxygens (including phenoxy) is 4. The molecule has 0 aliphatic carbocycles. The number of nitrogens with zero attached hydrogens (tertiary/aromatic N) is 2. The number of carbonyl (C=O) groups is 6. The molecule has 0 spiro atoms. The normalized spacial score (nSPS) is 18.9. The molecule has 0 saturated carbocycles. The average Bonchev–Trinajstić information content (AvgIpc) is 3.51. The highest BCUT2D eigenvalue weighted by atomic mass is 35.6. The van der Waals surface area contributed by atoms with Gasteiger partial charge < -0.3 is 29.6 Å². The molecule has 2 aliphatic heterocycles. The predicted octanol–water partition coefficient (Wildman–Crippen LogP) is 8.44. The topological polar surface area (TPSA) is 170 Å². The SMILES string of the molecule is COC1=CC(=O)N(C(=O)[C@H](CCC(Cl)(Cl)Cl)NC(=O)OC(C)(C)CCOC2=CC(=O)N(C(=O)[C@@H](CCC(Cl)(Cl)Cl)NC(=O)OC(C)(C)C)[C@@H]2CC(C)C)[C@@H]1CC(C)C. The maximum Gasteiger partial charge on any atom is 0.408 e. The molecule has 0 unspecified atom stereocenters. The maximum atomic E-state index is 14.0. The zero-order valence-corrected chi connectivity index (χ0v) is 39.1. The standard InChI is InChI=1S/C38H56Cl6N4O10/c1-21(2)17-25-27(55-10)19-29(49)47(25)31(51)24(12-14-38(42,43)44)46-34(54)58-36(8,9)15-16-56-28-20-30(50)48(26(28)18-22(3)4)32(52)23(11-13-37(39,40)41)45-33(53)57-35(5,6)7/h19-26H,11-18H2,1-10H3,(H,45,53)(H,46,54)/t23-,24+,25-,26-/m1/s1. The van der Waals surface area contributed by atoms with Crippen molar-refractivity contribution in [2.45, 2.75) is 150 Å². The third kappa shape index (κ3) is 17.3. The van der Waals surface area contributed by atoms with Gasteiger partial charge in [-0.05, 0) is 85.0 Å². The molecule has 6 amide bonds. The van der Waals surface area contributed by atoms with E-state index in [1.54, 1.807) is 34.6 Å². The number of methoxy groups -OCH3 is 1. The lowest BCUT2D eigenvalue weighted by Gasteiger charge is -2.32. The summed E-state index contributed by atoms with van der Waals surface area (Å²) in [5.41, 5.74) is -2.08. The van der Waals surface area contributed by atoms with E-state index in [4.69, 9.17) is 88.6 Å².